The molecule has 0 saturated heterocycles. The van der Waals surface area contributed by atoms with E-state index in [2.05, 4.69) is 13.0 Å². The van der Waals surface area contributed by atoms with Crippen molar-refractivity contribution in [2.24, 2.45) is 11.8 Å². The number of carbonyl (C=O) groups excluding carboxylic acids is 1. The lowest BCUT2D eigenvalue weighted by atomic mass is 9.82. The van der Waals surface area contributed by atoms with Crippen LogP contribution in [0.15, 0.2) is 11.6 Å². The molecule has 0 aromatic heterocycles. The Bertz CT molecular complexity index is 215. The van der Waals surface area contributed by atoms with E-state index in [0.29, 0.717) is 17.6 Å². The monoisotopic (exact) mass is 150 g/mol. The minimum atomic E-state index is 0.402. The Morgan fingerprint density at radius 3 is 3.18 bits per heavy atom. The largest absolute Gasteiger partial charge is 0.299 e. The van der Waals surface area contributed by atoms with Crippen LogP contribution < -0.4 is 0 Å². The lowest BCUT2D eigenvalue weighted by molar-refractivity contribution is -0.121. The summed E-state index contributed by atoms with van der Waals surface area (Å²) in [5.41, 5.74) is 1.49. The molecule has 0 aromatic rings. The van der Waals surface area contributed by atoms with Crippen LogP contribution in [0.3, 0.4) is 0 Å². The highest BCUT2D eigenvalue weighted by atomic mass is 16.1. The minimum Gasteiger partial charge on any atom is -0.299 e. The maximum Gasteiger partial charge on any atom is 0.136 e. The molecular weight excluding hydrogens is 136 g/mol. The molecule has 0 aromatic carbocycles. The zero-order valence-corrected chi connectivity index (χ0v) is 6.97. The predicted octanol–water partition coefficient (Wildman–Crippen LogP) is 2.32. The molecule has 11 heavy (non-hydrogen) atoms. The Morgan fingerprint density at radius 2 is 2.36 bits per heavy atom. The van der Waals surface area contributed by atoms with Crippen molar-refractivity contribution in [3.05, 3.63) is 11.6 Å². The van der Waals surface area contributed by atoms with Crippen molar-refractivity contribution >= 4 is 5.78 Å². The van der Waals surface area contributed by atoms with Gasteiger partial charge in [0.2, 0.25) is 0 Å². The Hall–Kier alpha value is -0.590. The molecule has 0 N–H and O–H groups in total. The summed E-state index contributed by atoms with van der Waals surface area (Å²) in [6.45, 7) is 2.18. The quantitative estimate of drug-likeness (QED) is 0.484. The molecule has 60 valence electrons. The maximum atomic E-state index is 11.3. The topological polar surface area (TPSA) is 17.1 Å². The van der Waals surface area contributed by atoms with Crippen molar-refractivity contribution < 1.29 is 4.79 Å². The molecular formula is C10H14O. The number of ketones is 1. The summed E-state index contributed by atoms with van der Waals surface area (Å²) in [6.07, 6.45) is 6.43. The summed E-state index contributed by atoms with van der Waals surface area (Å²) in [5.74, 6) is 1.62. The third kappa shape index (κ3) is 1.13. The van der Waals surface area contributed by atoms with Crippen LogP contribution in [0.25, 0.3) is 0 Å². The van der Waals surface area contributed by atoms with E-state index in [1.807, 2.05) is 0 Å². The molecule has 0 amide bonds. The SMILES string of the molecule is CC1=CC[C@@H]2C(=O)CC[C@@H]2C1. The number of Topliss-reactive ketones (excluding diaryl/α,β-unsaturated/α-hetero) is 1. The molecule has 1 heteroatoms. The predicted molar refractivity (Wildman–Crippen MR) is 44.2 cm³/mol. The van der Waals surface area contributed by atoms with Crippen LogP contribution in [0.5, 0.6) is 0 Å². The van der Waals surface area contributed by atoms with Gasteiger partial charge in [-0.1, -0.05) is 11.6 Å². The van der Waals surface area contributed by atoms with Gasteiger partial charge in [0.05, 0.1) is 0 Å². The van der Waals surface area contributed by atoms with E-state index in [1.165, 1.54) is 12.0 Å². The Balaban J connectivity index is 2.17. The highest BCUT2D eigenvalue weighted by Gasteiger charge is 2.35. The lowest BCUT2D eigenvalue weighted by Gasteiger charge is -2.22. The van der Waals surface area contributed by atoms with Gasteiger partial charge in [-0.3, -0.25) is 4.79 Å². The first-order valence-corrected chi connectivity index (χ1v) is 4.45. The second-order valence-corrected chi connectivity index (χ2v) is 3.86. The van der Waals surface area contributed by atoms with Gasteiger partial charge in [0.15, 0.2) is 0 Å². The number of fused-ring (bicyclic) bond motifs is 1. The third-order valence-electron chi connectivity index (χ3n) is 3.05. The Labute approximate surface area is 67.5 Å². The number of carbonyl (C=O) groups is 1. The van der Waals surface area contributed by atoms with Gasteiger partial charge in [-0.2, -0.15) is 0 Å². The van der Waals surface area contributed by atoms with Gasteiger partial charge in [0, 0.05) is 12.3 Å². The van der Waals surface area contributed by atoms with Crippen molar-refractivity contribution in [3.63, 3.8) is 0 Å². The Morgan fingerprint density at radius 1 is 1.55 bits per heavy atom. The van der Waals surface area contributed by atoms with Gasteiger partial charge in [-0.05, 0) is 32.1 Å². The van der Waals surface area contributed by atoms with Gasteiger partial charge < -0.3 is 0 Å². The third-order valence-corrected chi connectivity index (χ3v) is 3.05. The fraction of sp³-hybridized carbons (Fsp3) is 0.700. The molecule has 0 heterocycles. The van der Waals surface area contributed by atoms with Crippen molar-refractivity contribution in [2.75, 3.05) is 0 Å². The smallest absolute Gasteiger partial charge is 0.136 e. The average Bonchev–Trinajstić information content (AvgIpc) is 2.32. The van der Waals surface area contributed by atoms with Crippen molar-refractivity contribution in [1.29, 1.82) is 0 Å². The average molecular weight is 150 g/mol. The first-order chi connectivity index (χ1) is 5.27. The van der Waals surface area contributed by atoms with Gasteiger partial charge >= 0.3 is 0 Å². The fourth-order valence-electron chi connectivity index (χ4n) is 2.37. The van der Waals surface area contributed by atoms with Gasteiger partial charge in [-0.25, -0.2) is 0 Å². The fourth-order valence-corrected chi connectivity index (χ4v) is 2.37. The molecule has 1 fully saturated rings. The van der Waals surface area contributed by atoms with Crippen LogP contribution in [-0.2, 0) is 4.79 Å². The van der Waals surface area contributed by atoms with E-state index < -0.39 is 0 Å². The van der Waals surface area contributed by atoms with Crippen LogP contribution in [0.1, 0.15) is 32.6 Å². The second-order valence-electron chi connectivity index (χ2n) is 3.86. The van der Waals surface area contributed by atoms with Gasteiger partial charge in [-0.15, -0.1) is 0 Å². The van der Waals surface area contributed by atoms with Crippen molar-refractivity contribution in [3.8, 4) is 0 Å². The van der Waals surface area contributed by atoms with Crippen LogP contribution in [0.2, 0.25) is 0 Å². The van der Waals surface area contributed by atoms with Crippen molar-refractivity contribution in [1.82, 2.24) is 0 Å². The lowest BCUT2D eigenvalue weighted by Crippen LogP contribution is -2.17. The van der Waals surface area contributed by atoms with E-state index in [1.54, 1.807) is 0 Å². The molecule has 0 aliphatic heterocycles. The van der Waals surface area contributed by atoms with Gasteiger partial charge in [0.1, 0.15) is 5.78 Å². The maximum absolute atomic E-state index is 11.3. The molecule has 2 rings (SSSR count). The highest BCUT2D eigenvalue weighted by molar-refractivity contribution is 5.83. The van der Waals surface area contributed by atoms with Crippen LogP contribution in [-0.4, -0.2) is 5.78 Å². The molecule has 0 unspecified atom stereocenters. The highest BCUT2D eigenvalue weighted by Crippen LogP contribution is 2.39. The van der Waals surface area contributed by atoms with E-state index in [9.17, 15) is 4.79 Å². The van der Waals surface area contributed by atoms with Crippen LogP contribution in [0.4, 0.5) is 0 Å². The first kappa shape index (κ1) is 7.08. The number of hydrogen-bond donors (Lipinski definition) is 0. The number of rotatable bonds is 0. The summed E-state index contributed by atoms with van der Waals surface area (Å²) in [6, 6.07) is 0. The van der Waals surface area contributed by atoms with E-state index in [0.717, 1.165) is 19.3 Å². The number of allylic oxidation sites excluding steroid dienone is 2. The molecule has 2 atom stereocenters. The summed E-state index contributed by atoms with van der Waals surface area (Å²) in [5, 5.41) is 0. The minimum absolute atomic E-state index is 0.402. The molecule has 2 aliphatic rings. The van der Waals surface area contributed by atoms with E-state index >= 15 is 0 Å². The van der Waals surface area contributed by atoms with Crippen LogP contribution in [0, 0.1) is 11.8 Å². The zero-order chi connectivity index (χ0) is 7.84. The van der Waals surface area contributed by atoms with E-state index in [4.69, 9.17) is 0 Å². The molecule has 0 spiro atoms. The van der Waals surface area contributed by atoms with Crippen molar-refractivity contribution in [2.45, 2.75) is 32.6 Å². The Kier molecular flexibility index (Phi) is 1.59. The zero-order valence-electron chi connectivity index (χ0n) is 6.97. The molecule has 0 radical (unpaired) electrons. The molecule has 2 aliphatic carbocycles. The molecule has 1 nitrogen and oxygen atoms in total. The summed E-state index contributed by atoms with van der Waals surface area (Å²) in [4.78, 5) is 11.3. The summed E-state index contributed by atoms with van der Waals surface area (Å²) in [7, 11) is 0. The van der Waals surface area contributed by atoms with Crippen LogP contribution >= 0.6 is 0 Å². The standard InChI is InChI=1S/C10H14O/c1-7-2-4-9-8(6-7)3-5-10(9)11/h2,8-9H,3-6H2,1H3/t8-,9+/m1/s1. The summed E-state index contributed by atoms with van der Waals surface area (Å²) < 4.78 is 0. The molecule has 1 saturated carbocycles. The van der Waals surface area contributed by atoms with E-state index in [-0.39, 0.29) is 0 Å². The normalized spacial score (nSPS) is 36.8. The molecule has 0 bridgehead atoms. The number of hydrogen-bond acceptors (Lipinski definition) is 1. The van der Waals surface area contributed by atoms with Gasteiger partial charge in [0.25, 0.3) is 0 Å². The first-order valence-electron chi connectivity index (χ1n) is 4.45. The second kappa shape index (κ2) is 2.47. The summed E-state index contributed by atoms with van der Waals surface area (Å²) >= 11 is 0.